The largest absolute Gasteiger partial charge is 0.337 e. The predicted molar refractivity (Wildman–Crippen MR) is 64.0 cm³/mol. The molecular formula is C9H7ClN2O2S2. The highest BCUT2D eigenvalue weighted by Crippen LogP contribution is 2.23. The molecule has 1 aromatic carbocycles. The van der Waals surface area contributed by atoms with Gasteiger partial charge < -0.3 is 4.98 Å². The minimum absolute atomic E-state index is 0.0346. The summed E-state index contributed by atoms with van der Waals surface area (Å²) in [6.07, 6.45) is 3.27. The normalized spacial score (nSPS) is 11.6. The fourth-order valence-corrected chi connectivity index (χ4v) is 2.65. The number of hydrogen-bond acceptors (Lipinski definition) is 3. The molecule has 1 heterocycles. The van der Waals surface area contributed by atoms with Crippen molar-refractivity contribution in [2.45, 2.75) is 4.90 Å². The van der Waals surface area contributed by atoms with Crippen LogP contribution in [0.5, 0.6) is 0 Å². The molecule has 0 fully saturated rings. The molecule has 7 heteroatoms. The Bertz CT molecular complexity index is 673. The minimum Gasteiger partial charge on any atom is -0.337 e. The van der Waals surface area contributed by atoms with Crippen LogP contribution in [0.25, 0.3) is 5.69 Å². The van der Waals surface area contributed by atoms with Gasteiger partial charge in [-0.2, -0.15) is 0 Å². The first kappa shape index (κ1) is 11.4. The molecule has 0 bridgehead atoms. The highest BCUT2D eigenvalue weighted by Gasteiger charge is 2.16. The number of aromatic amines is 1. The fraction of sp³-hybridized carbons (Fsp3) is 0. The van der Waals surface area contributed by atoms with E-state index < -0.39 is 9.05 Å². The molecule has 2 rings (SSSR count). The maximum atomic E-state index is 11.4. The second-order valence-electron chi connectivity index (χ2n) is 3.04. The van der Waals surface area contributed by atoms with Gasteiger partial charge in [0.15, 0.2) is 4.77 Å². The first-order chi connectivity index (χ1) is 7.50. The second-order valence-corrected chi connectivity index (χ2v) is 5.96. The van der Waals surface area contributed by atoms with Gasteiger partial charge in [-0.25, -0.2) is 8.42 Å². The average Bonchev–Trinajstić information content (AvgIpc) is 2.63. The van der Waals surface area contributed by atoms with Crippen molar-refractivity contribution in [3.8, 4) is 5.69 Å². The molecule has 0 spiro atoms. The van der Waals surface area contributed by atoms with Crippen LogP contribution < -0.4 is 0 Å². The van der Waals surface area contributed by atoms with Crippen LogP contribution in [0.2, 0.25) is 0 Å². The van der Waals surface area contributed by atoms with Crippen molar-refractivity contribution in [3.63, 3.8) is 0 Å². The van der Waals surface area contributed by atoms with E-state index in [4.69, 9.17) is 22.9 Å². The average molecular weight is 275 g/mol. The molecule has 0 saturated carbocycles. The van der Waals surface area contributed by atoms with Gasteiger partial charge >= 0.3 is 0 Å². The van der Waals surface area contributed by atoms with Crippen LogP contribution in [-0.2, 0) is 9.05 Å². The molecule has 0 unspecified atom stereocenters. The molecule has 0 amide bonds. The zero-order valence-electron chi connectivity index (χ0n) is 7.92. The molecule has 0 aliphatic carbocycles. The van der Waals surface area contributed by atoms with Crippen molar-refractivity contribution in [2.75, 3.05) is 0 Å². The van der Waals surface area contributed by atoms with Crippen molar-refractivity contribution in [1.82, 2.24) is 9.55 Å². The number of halogens is 1. The summed E-state index contributed by atoms with van der Waals surface area (Å²) >= 11 is 5.02. The molecule has 2 aromatic rings. The van der Waals surface area contributed by atoms with E-state index in [0.717, 1.165) is 0 Å². The third kappa shape index (κ3) is 2.04. The van der Waals surface area contributed by atoms with Crippen LogP contribution in [0, 0.1) is 4.77 Å². The molecule has 4 nitrogen and oxygen atoms in total. The number of nitrogens with one attached hydrogen (secondary N) is 1. The maximum absolute atomic E-state index is 11.4. The van der Waals surface area contributed by atoms with Gasteiger partial charge in [-0.1, -0.05) is 12.1 Å². The van der Waals surface area contributed by atoms with E-state index in [1.54, 1.807) is 35.2 Å². The van der Waals surface area contributed by atoms with Crippen LogP contribution in [0.15, 0.2) is 41.6 Å². The first-order valence-electron chi connectivity index (χ1n) is 4.30. The van der Waals surface area contributed by atoms with Gasteiger partial charge in [-0.15, -0.1) is 0 Å². The Morgan fingerprint density at radius 2 is 2.00 bits per heavy atom. The van der Waals surface area contributed by atoms with E-state index in [0.29, 0.717) is 10.5 Å². The zero-order chi connectivity index (χ0) is 11.8. The van der Waals surface area contributed by atoms with Gasteiger partial charge in [-0.05, 0) is 24.4 Å². The van der Waals surface area contributed by atoms with Gasteiger partial charge in [0, 0.05) is 23.1 Å². The number of benzene rings is 1. The van der Waals surface area contributed by atoms with Gasteiger partial charge in [-0.3, -0.25) is 4.57 Å². The Labute approximate surface area is 102 Å². The molecule has 0 aliphatic rings. The zero-order valence-corrected chi connectivity index (χ0v) is 10.3. The SMILES string of the molecule is O=S(=O)(Cl)c1ccccc1-n1cc[nH]c1=S. The maximum Gasteiger partial charge on any atom is 0.263 e. The van der Waals surface area contributed by atoms with Crippen LogP contribution in [0.1, 0.15) is 0 Å². The Kier molecular flexibility index (Phi) is 2.88. The lowest BCUT2D eigenvalue weighted by Gasteiger charge is -2.06. The predicted octanol–water partition coefficient (Wildman–Crippen LogP) is 2.46. The van der Waals surface area contributed by atoms with Crippen molar-refractivity contribution in [3.05, 3.63) is 41.4 Å². The van der Waals surface area contributed by atoms with E-state index in [1.807, 2.05) is 0 Å². The van der Waals surface area contributed by atoms with Gasteiger partial charge in [0.25, 0.3) is 9.05 Å². The summed E-state index contributed by atoms with van der Waals surface area (Å²) in [4.78, 5) is 2.82. The van der Waals surface area contributed by atoms with Crippen molar-refractivity contribution < 1.29 is 8.42 Å². The van der Waals surface area contributed by atoms with E-state index in [1.165, 1.54) is 6.07 Å². The van der Waals surface area contributed by atoms with Crippen LogP contribution in [0.3, 0.4) is 0 Å². The van der Waals surface area contributed by atoms with Gasteiger partial charge in [0.2, 0.25) is 0 Å². The number of aromatic nitrogens is 2. The molecule has 84 valence electrons. The number of imidazole rings is 1. The Morgan fingerprint density at radius 3 is 2.56 bits per heavy atom. The van der Waals surface area contributed by atoms with E-state index in [9.17, 15) is 8.42 Å². The third-order valence-electron chi connectivity index (χ3n) is 2.04. The number of rotatable bonds is 2. The van der Waals surface area contributed by atoms with Crippen LogP contribution >= 0.6 is 22.9 Å². The monoisotopic (exact) mass is 274 g/mol. The summed E-state index contributed by atoms with van der Waals surface area (Å²) in [6, 6.07) is 6.40. The molecule has 0 saturated heterocycles. The number of hydrogen-bond donors (Lipinski definition) is 1. The minimum atomic E-state index is -3.79. The summed E-state index contributed by atoms with van der Waals surface area (Å²) in [7, 11) is 1.56. The summed E-state index contributed by atoms with van der Waals surface area (Å²) in [5, 5.41) is 0. The third-order valence-corrected chi connectivity index (χ3v) is 3.72. The topological polar surface area (TPSA) is 54.9 Å². The molecule has 1 aromatic heterocycles. The summed E-state index contributed by atoms with van der Waals surface area (Å²) in [5.74, 6) is 0. The first-order valence-corrected chi connectivity index (χ1v) is 7.02. The van der Waals surface area contributed by atoms with E-state index in [2.05, 4.69) is 4.98 Å². The van der Waals surface area contributed by atoms with Crippen molar-refractivity contribution in [1.29, 1.82) is 0 Å². The van der Waals surface area contributed by atoms with E-state index in [-0.39, 0.29) is 4.90 Å². The summed E-state index contributed by atoms with van der Waals surface area (Å²) in [5.41, 5.74) is 0.434. The Hall–Kier alpha value is -1.11. The lowest BCUT2D eigenvalue weighted by atomic mass is 10.3. The number of para-hydroxylation sites is 1. The number of nitrogens with zero attached hydrogens (tertiary/aromatic N) is 1. The summed E-state index contributed by atoms with van der Waals surface area (Å²) < 4.78 is 24.7. The van der Waals surface area contributed by atoms with Gasteiger partial charge in [0.05, 0.1) is 5.69 Å². The fourth-order valence-electron chi connectivity index (χ4n) is 1.37. The highest BCUT2D eigenvalue weighted by atomic mass is 35.7. The van der Waals surface area contributed by atoms with Crippen LogP contribution in [0.4, 0.5) is 0 Å². The molecule has 16 heavy (non-hydrogen) atoms. The standard InChI is InChI=1S/C9H7ClN2O2S2/c10-16(13,14)8-4-2-1-3-7(8)12-6-5-11-9(12)15/h1-6H,(H,11,15). The number of H-pyrrole nitrogens is 1. The summed E-state index contributed by atoms with van der Waals surface area (Å²) in [6.45, 7) is 0. The van der Waals surface area contributed by atoms with Gasteiger partial charge in [0.1, 0.15) is 4.90 Å². The van der Waals surface area contributed by atoms with Crippen molar-refractivity contribution >= 4 is 32.0 Å². The highest BCUT2D eigenvalue weighted by molar-refractivity contribution is 8.13. The van der Waals surface area contributed by atoms with Crippen LogP contribution in [-0.4, -0.2) is 18.0 Å². The molecule has 0 atom stereocenters. The smallest absolute Gasteiger partial charge is 0.263 e. The molecular weight excluding hydrogens is 268 g/mol. The Balaban J connectivity index is 2.77. The molecule has 1 N–H and O–H groups in total. The molecule has 0 aliphatic heterocycles. The lowest BCUT2D eigenvalue weighted by Crippen LogP contribution is -2.01. The Morgan fingerprint density at radius 1 is 1.31 bits per heavy atom. The second kappa shape index (κ2) is 4.04. The van der Waals surface area contributed by atoms with Crippen molar-refractivity contribution in [2.24, 2.45) is 0 Å². The quantitative estimate of drug-likeness (QED) is 0.676. The van der Waals surface area contributed by atoms with E-state index >= 15 is 0 Å². The lowest BCUT2D eigenvalue weighted by molar-refractivity contribution is 0.609. The molecule has 0 radical (unpaired) electrons.